The lowest BCUT2D eigenvalue weighted by Gasteiger charge is -2.42. The SMILES string of the molecule is COc1cc([C@H]2c3cc4c(cc3[C@@H](NC3CCN(Cc5ccccc5)CC3)C3COC(=O)[C@@H]32)OCO4)cc(OC)c1O. The van der Waals surface area contributed by atoms with Crippen LogP contribution < -0.4 is 24.3 Å². The molecule has 220 valence electrons. The van der Waals surface area contributed by atoms with E-state index in [1.165, 1.54) is 19.8 Å². The van der Waals surface area contributed by atoms with Gasteiger partial charge in [-0.05, 0) is 72.5 Å². The summed E-state index contributed by atoms with van der Waals surface area (Å²) in [6, 6.07) is 18.5. The molecule has 0 aromatic heterocycles. The topological polar surface area (TPSA) is 98.7 Å². The number of nitrogens with zero attached hydrogens (tertiary/aromatic N) is 1. The molecule has 4 aliphatic rings. The Bertz CT molecular complexity index is 1450. The molecule has 0 amide bonds. The summed E-state index contributed by atoms with van der Waals surface area (Å²) in [6.45, 7) is 3.47. The van der Waals surface area contributed by atoms with Crippen LogP contribution in [-0.4, -0.2) is 62.7 Å². The molecule has 2 N–H and O–H groups in total. The molecule has 2 saturated heterocycles. The van der Waals surface area contributed by atoms with E-state index in [0.717, 1.165) is 49.2 Å². The van der Waals surface area contributed by atoms with Crippen LogP contribution >= 0.6 is 0 Å². The number of nitrogens with one attached hydrogen (secondary N) is 1. The molecule has 0 saturated carbocycles. The lowest BCUT2D eigenvalue weighted by molar-refractivity contribution is -0.141. The first kappa shape index (κ1) is 26.9. The van der Waals surface area contributed by atoms with Gasteiger partial charge in [-0.2, -0.15) is 0 Å². The number of ether oxygens (including phenoxy) is 5. The van der Waals surface area contributed by atoms with Crippen molar-refractivity contribution < 1.29 is 33.6 Å². The lowest BCUT2D eigenvalue weighted by atomic mass is 9.65. The van der Waals surface area contributed by atoms with Crippen molar-refractivity contribution in [2.24, 2.45) is 11.8 Å². The maximum atomic E-state index is 13.4. The van der Waals surface area contributed by atoms with Crippen LogP contribution in [0.15, 0.2) is 54.6 Å². The number of phenolic OH excluding ortho intramolecular Hbond substituents is 1. The van der Waals surface area contributed by atoms with Gasteiger partial charge in [-0.1, -0.05) is 30.3 Å². The lowest BCUT2D eigenvalue weighted by Crippen LogP contribution is -2.48. The second-order valence-corrected chi connectivity index (χ2v) is 11.6. The molecule has 42 heavy (non-hydrogen) atoms. The van der Waals surface area contributed by atoms with E-state index < -0.39 is 5.92 Å². The van der Waals surface area contributed by atoms with E-state index >= 15 is 0 Å². The summed E-state index contributed by atoms with van der Waals surface area (Å²) in [6.07, 6.45) is 2.04. The molecule has 7 rings (SSSR count). The molecular formula is C33H36N2O7. The molecule has 4 atom stereocenters. The molecule has 9 nitrogen and oxygen atoms in total. The third kappa shape index (κ3) is 4.70. The number of cyclic esters (lactones) is 1. The number of methoxy groups -OCH3 is 2. The minimum absolute atomic E-state index is 0.0748. The first-order valence-corrected chi connectivity index (χ1v) is 14.6. The van der Waals surface area contributed by atoms with Gasteiger partial charge in [0.25, 0.3) is 0 Å². The minimum Gasteiger partial charge on any atom is -0.502 e. The Morgan fingerprint density at radius 2 is 1.60 bits per heavy atom. The summed E-state index contributed by atoms with van der Waals surface area (Å²) in [7, 11) is 3.01. The molecule has 3 aromatic carbocycles. The Morgan fingerprint density at radius 1 is 0.929 bits per heavy atom. The van der Waals surface area contributed by atoms with Crippen molar-refractivity contribution in [3.8, 4) is 28.7 Å². The van der Waals surface area contributed by atoms with Gasteiger partial charge in [0.2, 0.25) is 12.5 Å². The number of aromatic hydroxyl groups is 1. The van der Waals surface area contributed by atoms with Crippen LogP contribution in [0.1, 0.15) is 47.1 Å². The van der Waals surface area contributed by atoms with E-state index in [1.54, 1.807) is 12.1 Å². The third-order valence-electron chi connectivity index (χ3n) is 9.30. The van der Waals surface area contributed by atoms with Crippen molar-refractivity contribution >= 4 is 5.97 Å². The summed E-state index contributed by atoms with van der Waals surface area (Å²) in [4.78, 5) is 15.9. The van der Waals surface area contributed by atoms with Gasteiger partial charge in [0.05, 0.1) is 26.7 Å². The number of carbonyl (C=O) groups excluding carboxylic acids is 1. The molecule has 0 bridgehead atoms. The molecular weight excluding hydrogens is 536 g/mol. The van der Waals surface area contributed by atoms with Crippen molar-refractivity contribution in [2.75, 3.05) is 40.7 Å². The van der Waals surface area contributed by atoms with Gasteiger partial charge < -0.3 is 34.1 Å². The van der Waals surface area contributed by atoms with E-state index in [1.807, 2.05) is 6.07 Å². The van der Waals surface area contributed by atoms with E-state index in [2.05, 4.69) is 46.6 Å². The Labute approximate surface area is 245 Å². The Balaban J connectivity index is 1.22. The zero-order valence-electron chi connectivity index (χ0n) is 23.9. The number of likely N-dealkylation sites (tertiary alicyclic amines) is 1. The van der Waals surface area contributed by atoms with Crippen LogP contribution in [0.4, 0.5) is 0 Å². The van der Waals surface area contributed by atoms with Gasteiger partial charge in [0, 0.05) is 30.5 Å². The van der Waals surface area contributed by atoms with E-state index in [-0.39, 0.29) is 47.9 Å². The van der Waals surface area contributed by atoms with Crippen LogP contribution in [-0.2, 0) is 16.1 Å². The molecule has 0 spiro atoms. The van der Waals surface area contributed by atoms with Crippen LogP contribution in [0.25, 0.3) is 0 Å². The van der Waals surface area contributed by atoms with Crippen molar-refractivity contribution in [2.45, 2.75) is 37.4 Å². The number of hydrogen-bond donors (Lipinski definition) is 2. The summed E-state index contributed by atoms with van der Waals surface area (Å²) in [5.74, 6) is 0.808. The first-order valence-electron chi connectivity index (χ1n) is 14.6. The van der Waals surface area contributed by atoms with E-state index in [0.29, 0.717) is 24.1 Å². The number of fused-ring (bicyclic) bond motifs is 3. The highest BCUT2D eigenvalue weighted by atomic mass is 16.7. The van der Waals surface area contributed by atoms with E-state index in [4.69, 9.17) is 23.7 Å². The number of rotatable bonds is 7. The highest BCUT2D eigenvalue weighted by Crippen LogP contribution is 2.55. The van der Waals surface area contributed by atoms with Crippen molar-refractivity contribution in [1.29, 1.82) is 0 Å². The normalized spacial score (nSPS) is 25.0. The molecule has 3 heterocycles. The largest absolute Gasteiger partial charge is 0.502 e. The quantitative estimate of drug-likeness (QED) is 0.400. The number of phenols is 1. The van der Waals surface area contributed by atoms with Gasteiger partial charge in [-0.25, -0.2) is 0 Å². The summed E-state index contributed by atoms with van der Waals surface area (Å²) >= 11 is 0. The number of benzene rings is 3. The van der Waals surface area contributed by atoms with Gasteiger partial charge in [-0.3, -0.25) is 9.69 Å². The van der Waals surface area contributed by atoms with Gasteiger partial charge in [0.15, 0.2) is 23.0 Å². The molecule has 0 radical (unpaired) electrons. The average Bonchev–Trinajstić information content (AvgIpc) is 3.64. The predicted octanol–water partition coefficient (Wildman–Crippen LogP) is 4.37. The van der Waals surface area contributed by atoms with Crippen LogP contribution in [0.2, 0.25) is 0 Å². The summed E-state index contributed by atoms with van der Waals surface area (Å²) < 4.78 is 28.3. The highest BCUT2D eigenvalue weighted by molar-refractivity contribution is 5.79. The molecule has 9 heteroatoms. The standard InChI is InChI=1S/C33H36N2O7/c1-38-27-12-20(13-28(39-2)32(27)36)29-22-14-25-26(42-18-41-25)15-23(22)31(24-17-40-33(37)30(24)29)34-21-8-10-35(11-9-21)16-19-6-4-3-5-7-19/h3-7,12-15,21,24,29-31,34,36H,8-11,16-18H2,1-2H3/t24?,29-,30-,31+/m0/s1. The van der Waals surface area contributed by atoms with Crippen LogP contribution in [0.3, 0.4) is 0 Å². The van der Waals surface area contributed by atoms with Crippen molar-refractivity contribution in [1.82, 2.24) is 10.2 Å². The first-order chi connectivity index (χ1) is 20.5. The fraction of sp³-hybridized carbons (Fsp3) is 0.424. The number of carbonyl (C=O) groups is 1. The predicted molar refractivity (Wildman–Crippen MR) is 154 cm³/mol. The zero-order chi connectivity index (χ0) is 28.8. The number of piperidine rings is 1. The number of esters is 1. The maximum Gasteiger partial charge on any atom is 0.310 e. The molecule has 3 aromatic rings. The van der Waals surface area contributed by atoms with Crippen molar-refractivity contribution in [3.05, 3.63) is 76.9 Å². The van der Waals surface area contributed by atoms with Crippen LogP contribution in [0, 0.1) is 11.8 Å². The molecule has 2 fully saturated rings. The summed E-state index contributed by atoms with van der Waals surface area (Å²) in [5.41, 5.74) is 4.21. The Kier molecular flexibility index (Phi) is 7.07. The average molecular weight is 573 g/mol. The third-order valence-corrected chi connectivity index (χ3v) is 9.30. The van der Waals surface area contributed by atoms with Gasteiger partial charge in [0.1, 0.15) is 0 Å². The second kappa shape index (κ2) is 11.0. The number of hydrogen-bond acceptors (Lipinski definition) is 9. The molecule has 3 aliphatic heterocycles. The maximum absolute atomic E-state index is 13.4. The minimum atomic E-state index is -0.424. The fourth-order valence-corrected chi connectivity index (χ4v) is 7.22. The van der Waals surface area contributed by atoms with Crippen LogP contribution in [0.5, 0.6) is 28.7 Å². The van der Waals surface area contributed by atoms with Gasteiger partial charge in [-0.15, -0.1) is 0 Å². The molecule has 1 unspecified atom stereocenters. The zero-order valence-corrected chi connectivity index (χ0v) is 23.9. The van der Waals surface area contributed by atoms with Gasteiger partial charge >= 0.3 is 5.97 Å². The molecule has 1 aliphatic carbocycles. The fourth-order valence-electron chi connectivity index (χ4n) is 7.22. The Morgan fingerprint density at radius 3 is 2.26 bits per heavy atom. The second-order valence-electron chi connectivity index (χ2n) is 11.6. The monoisotopic (exact) mass is 572 g/mol. The van der Waals surface area contributed by atoms with E-state index in [9.17, 15) is 9.90 Å². The highest BCUT2D eigenvalue weighted by Gasteiger charge is 2.53. The van der Waals surface area contributed by atoms with Crippen molar-refractivity contribution in [3.63, 3.8) is 0 Å². The Hall–Kier alpha value is -3.95. The smallest absolute Gasteiger partial charge is 0.310 e. The summed E-state index contributed by atoms with van der Waals surface area (Å²) in [5, 5.41) is 14.6.